The zero-order valence-electron chi connectivity index (χ0n) is 13.8. The van der Waals surface area contributed by atoms with Gasteiger partial charge in [-0.15, -0.1) is 0 Å². The highest BCUT2D eigenvalue weighted by molar-refractivity contribution is 5.57. The van der Waals surface area contributed by atoms with Gasteiger partial charge in [0, 0.05) is 24.0 Å². The molecule has 3 aromatic rings. The topological polar surface area (TPSA) is 49.8 Å². The van der Waals surface area contributed by atoms with Gasteiger partial charge >= 0.3 is 0 Å². The minimum Gasteiger partial charge on any atom is -0.354 e. The molecule has 0 radical (unpaired) electrons. The van der Waals surface area contributed by atoms with Crippen molar-refractivity contribution in [3.05, 3.63) is 77.5 Å². The number of aromatic nitrogens is 2. The van der Waals surface area contributed by atoms with Gasteiger partial charge < -0.3 is 10.6 Å². The average molecular weight is 340 g/mol. The van der Waals surface area contributed by atoms with Gasteiger partial charge in [-0.25, -0.2) is 13.8 Å². The first-order chi connectivity index (χ1) is 12.1. The van der Waals surface area contributed by atoms with Crippen molar-refractivity contribution < 1.29 is 8.78 Å². The largest absolute Gasteiger partial charge is 0.354 e. The molecule has 3 rings (SSSR count). The first-order valence-electron chi connectivity index (χ1n) is 7.96. The molecule has 0 amide bonds. The van der Waals surface area contributed by atoms with Crippen LogP contribution in [0.15, 0.2) is 54.6 Å². The van der Waals surface area contributed by atoms with Crippen LogP contribution in [0.1, 0.15) is 11.3 Å². The SMILES string of the molecule is Cc1cc(Nc2cccc(F)c2)nc(NCCc2ccccc2F)n1. The summed E-state index contributed by atoms with van der Waals surface area (Å²) >= 11 is 0. The van der Waals surface area contributed by atoms with E-state index in [1.165, 1.54) is 18.2 Å². The van der Waals surface area contributed by atoms with Gasteiger partial charge in [0.15, 0.2) is 0 Å². The number of anilines is 3. The van der Waals surface area contributed by atoms with Crippen LogP contribution in [0, 0.1) is 18.6 Å². The van der Waals surface area contributed by atoms with E-state index in [0.717, 1.165) is 5.69 Å². The molecule has 25 heavy (non-hydrogen) atoms. The fourth-order valence-corrected chi connectivity index (χ4v) is 2.44. The summed E-state index contributed by atoms with van der Waals surface area (Å²) in [5, 5.41) is 6.15. The predicted octanol–water partition coefficient (Wildman–Crippen LogP) is 4.46. The third-order valence-corrected chi connectivity index (χ3v) is 3.59. The molecule has 2 aromatic carbocycles. The molecule has 6 heteroatoms. The second-order valence-electron chi connectivity index (χ2n) is 5.62. The van der Waals surface area contributed by atoms with Gasteiger partial charge in [0.05, 0.1) is 0 Å². The van der Waals surface area contributed by atoms with Crippen LogP contribution in [0.5, 0.6) is 0 Å². The van der Waals surface area contributed by atoms with Crippen molar-refractivity contribution in [2.24, 2.45) is 0 Å². The minimum absolute atomic E-state index is 0.220. The molecule has 0 aliphatic heterocycles. The van der Waals surface area contributed by atoms with Crippen LogP contribution < -0.4 is 10.6 Å². The van der Waals surface area contributed by atoms with Gasteiger partial charge in [-0.2, -0.15) is 4.98 Å². The summed E-state index contributed by atoms with van der Waals surface area (Å²) in [6, 6.07) is 14.6. The van der Waals surface area contributed by atoms with Gasteiger partial charge in [-0.3, -0.25) is 0 Å². The van der Waals surface area contributed by atoms with Crippen LogP contribution in [0.2, 0.25) is 0 Å². The molecule has 0 saturated carbocycles. The summed E-state index contributed by atoms with van der Waals surface area (Å²) in [4.78, 5) is 8.68. The third kappa shape index (κ3) is 4.73. The summed E-state index contributed by atoms with van der Waals surface area (Å²) in [5.74, 6) is 0.462. The highest BCUT2D eigenvalue weighted by Crippen LogP contribution is 2.17. The quantitative estimate of drug-likeness (QED) is 0.695. The lowest BCUT2D eigenvalue weighted by Gasteiger charge is -2.10. The highest BCUT2D eigenvalue weighted by Gasteiger charge is 2.05. The van der Waals surface area contributed by atoms with Crippen molar-refractivity contribution >= 4 is 17.5 Å². The van der Waals surface area contributed by atoms with E-state index in [0.29, 0.717) is 36.0 Å². The number of rotatable bonds is 6. The number of nitrogens with zero attached hydrogens (tertiary/aromatic N) is 2. The molecule has 0 unspecified atom stereocenters. The zero-order valence-corrected chi connectivity index (χ0v) is 13.8. The van der Waals surface area contributed by atoms with Gasteiger partial charge in [0.1, 0.15) is 17.5 Å². The number of aryl methyl sites for hydroxylation is 1. The van der Waals surface area contributed by atoms with Gasteiger partial charge in [-0.05, 0) is 43.2 Å². The van der Waals surface area contributed by atoms with Crippen molar-refractivity contribution in [3.63, 3.8) is 0 Å². The maximum absolute atomic E-state index is 13.6. The molecule has 1 aromatic heterocycles. The van der Waals surface area contributed by atoms with Crippen molar-refractivity contribution in [1.29, 1.82) is 0 Å². The number of hydrogen-bond acceptors (Lipinski definition) is 4. The van der Waals surface area contributed by atoms with Crippen LogP contribution in [-0.4, -0.2) is 16.5 Å². The van der Waals surface area contributed by atoms with E-state index in [9.17, 15) is 8.78 Å². The Kier molecular flexibility index (Phi) is 5.18. The summed E-state index contributed by atoms with van der Waals surface area (Å²) in [6.45, 7) is 2.35. The maximum Gasteiger partial charge on any atom is 0.224 e. The maximum atomic E-state index is 13.6. The molecule has 2 N–H and O–H groups in total. The lowest BCUT2D eigenvalue weighted by Crippen LogP contribution is -2.10. The molecule has 0 aliphatic rings. The summed E-state index contributed by atoms with van der Waals surface area (Å²) < 4.78 is 26.9. The lowest BCUT2D eigenvalue weighted by atomic mass is 10.1. The molecule has 0 bridgehead atoms. The van der Waals surface area contributed by atoms with Crippen LogP contribution in [0.4, 0.5) is 26.2 Å². The van der Waals surface area contributed by atoms with Gasteiger partial charge in [-0.1, -0.05) is 24.3 Å². The van der Waals surface area contributed by atoms with E-state index in [-0.39, 0.29) is 11.6 Å². The number of halogens is 2. The number of nitrogens with one attached hydrogen (secondary N) is 2. The molecule has 0 saturated heterocycles. The molecular weight excluding hydrogens is 322 g/mol. The monoisotopic (exact) mass is 340 g/mol. The van der Waals surface area contributed by atoms with Crippen molar-refractivity contribution in [2.45, 2.75) is 13.3 Å². The minimum atomic E-state index is -0.320. The average Bonchev–Trinajstić information content (AvgIpc) is 2.56. The fourth-order valence-electron chi connectivity index (χ4n) is 2.44. The lowest BCUT2D eigenvalue weighted by molar-refractivity contribution is 0.610. The Morgan fingerprint density at radius 1 is 0.960 bits per heavy atom. The molecule has 0 fully saturated rings. The normalized spacial score (nSPS) is 10.5. The Morgan fingerprint density at radius 3 is 2.60 bits per heavy atom. The Bertz CT molecular complexity index is 868. The fraction of sp³-hybridized carbons (Fsp3) is 0.158. The number of hydrogen-bond donors (Lipinski definition) is 2. The van der Waals surface area contributed by atoms with E-state index in [4.69, 9.17) is 0 Å². The Labute approximate surface area is 145 Å². The van der Waals surface area contributed by atoms with Gasteiger partial charge in [0.25, 0.3) is 0 Å². The molecule has 4 nitrogen and oxygen atoms in total. The van der Waals surface area contributed by atoms with Gasteiger partial charge in [0.2, 0.25) is 5.95 Å². The van der Waals surface area contributed by atoms with E-state index < -0.39 is 0 Å². The molecule has 1 heterocycles. The first-order valence-corrected chi connectivity index (χ1v) is 7.96. The Morgan fingerprint density at radius 2 is 1.80 bits per heavy atom. The molecular formula is C19H18F2N4. The Balaban J connectivity index is 1.66. The molecule has 0 spiro atoms. The smallest absolute Gasteiger partial charge is 0.224 e. The Hall–Kier alpha value is -3.02. The molecule has 0 atom stereocenters. The summed E-state index contributed by atoms with van der Waals surface area (Å²) in [7, 11) is 0. The van der Waals surface area contributed by atoms with Crippen molar-refractivity contribution in [3.8, 4) is 0 Å². The second-order valence-corrected chi connectivity index (χ2v) is 5.62. The van der Waals surface area contributed by atoms with Crippen molar-refractivity contribution in [1.82, 2.24) is 9.97 Å². The predicted molar refractivity (Wildman–Crippen MR) is 95.0 cm³/mol. The third-order valence-electron chi connectivity index (χ3n) is 3.59. The van der Waals surface area contributed by atoms with E-state index in [2.05, 4.69) is 20.6 Å². The summed E-state index contributed by atoms with van der Waals surface area (Å²) in [6.07, 6.45) is 0.524. The summed E-state index contributed by atoms with van der Waals surface area (Å²) in [5.41, 5.74) is 2.01. The van der Waals surface area contributed by atoms with E-state index >= 15 is 0 Å². The highest BCUT2D eigenvalue weighted by atomic mass is 19.1. The van der Waals surface area contributed by atoms with Crippen molar-refractivity contribution in [2.75, 3.05) is 17.2 Å². The van der Waals surface area contributed by atoms with Crippen LogP contribution in [-0.2, 0) is 6.42 Å². The standard InChI is InChI=1S/C19H18F2N4/c1-13-11-18(24-16-7-4-6-15(20)12-16)25-19(23-13)22-10-9-14-5-2-3-8-17(14)21/h2-8,11-12H,9-10H2,1H3,(H2,22,23,24,25). The molecule has 0 aliphatic carbocycles. The van der Waals surface area contributed by atoms with Crippen LogP contribution in [0.3, 0.4) is 0 Å². The van der Waals surface area contributed by atoms with Crippen LogP contribution >= 0.6 is 0 Å². The first kappa shape index (κ1) is 16.8. The second kappa shape index (κ2) is 7.70. The van der Waals surface area contributed by atoms with E-state index in [1.54, 1.807) is 30.3 Å². The number of benzene rings is 2. The zero-order chi connectivity index (χ0) is 17.6. The van der Waals surface area contributed by atoms with E-state index in [1.807, 2.05) is 13.0 Å². The molecule has 128 valence electrons. The van der Waals surface area contributed by atoms with Crippen LogP contribution in [0.25, 0.3) is 0 Å².